The third kappa shape index (κ3) is 4.74. The summed E-state index contributed by atoms with van der Waals surface area (Å²) in [5.74, 6) is 5.57. The van der Waals surface area contributed by atoms with Crippen LogP contribution in [0.4, 0.5) is 0 Å². The van der Waals surface area contributed by atoms with Gasteiger partial charge in [0.1, 0.15) is 0 Å². The topological polar surface area (TPSA) is 61.2 Å². The monoisotopic (exact) mass is 376 g/mol. The van der Waals surface area contributed by atoms with Crippen molar-refractivity contribution in [1.82, 2.24) is 4.31 Å². The van der Waals surface area contributed by atoms with Crippen LogP contribution in [-0.2, 0) is 10.0 Å². The van der Waals surface area contributed by atoms with Crippen molar-refractivity contribution in [1.29, 1.82) is 5.26 Å². The Kier molecular flexibility index (Phi) is 7.14. The first kappa shape index (κ1) is 20.2. The summed E-state index contributed by atoms with van der Waals surface area (Å²) in [4.78, 5) is 0.153. The fourth-order valence-corrected chi connectivity index (χ4v) is 4.17. The first-order chi connectivity index (χ1) is 13.1. The van der Waals surface area contributed by atoms with Gasteiger partial charge in [-0.05, 0) is 30.7 Å². The minimum absolute atomic E-state index is 0.0382. The highest BCUT2D eigenvalue weighted by Gasteiger charge is 2.34. The van der Waals surface area contributed by atoms with Gasteiger partial charge in [0, 0.05) is 0 Å². The molecule has 0 saturated carbocycles. The van der Waals surface area contributed by atoms with Gasteiger partial charge < -0.3 is 0 Å². The number of nitrogens with zero attached hydrogens (tertiary/aromatic N) is 2. The molecule has 0 heterocycles. The summed E-state index contributed by atoms with van der Waals surface area (Å²) in [6, 6.07) is 18.5. The third-order valence-corrected chi connectivity index (χ3v) is 5.71. The lowest BCUT2D eigenvalue weighted by Gasteiger charge is -2.29. The maximum atomic E-state index is 13.4. The lowest BCUT2D eigenvalue weighted by Crippen LogP contribution is -2.36. The number of benzene rings is 2. The lowest BCUT2D eigenvalue weighted by molar-refractivity contribution is 0.394. The molecule has 4 nitrogen and oxygen atoms in total. The molecule has 0 aromatic heterocycles. The summed E-state index contributed by atoms with van der Waals surface area (Å²) >= 11 is 0. The predicted octanol–water partition coefficient (Wildman–Crippen LogP) is 4.08. The molecule has 5 heteroatoms. The van der Waals surface area contributed by atoms with Crippen LogP contribution in [0.15, 0.2) is 89.9 Å². The van der Waals surface area contributed by atoms with Crippen molar-refractivity contribution in [2.45, 2.75) is 17.9 Å². The quantitative estimate of drug-likeness (QED) is 0.416. The zero-order valence-electron chi connectivity index (χ0n) is 15.0. The van der Waals surface area contributed by atoms with E-state index in [2.05, 4.69) is 24.5 Å². The molecule has 0 aliphatic carbocycles. The molecule has 0 N–H and O–H groups in total. The fraction of sp³-hybridized carbons (Fsp3) is 0.136. The van der Waals surface area contributed by atoms with Crippen LogP contribution in [0.2, 0.25) is 0 Å². The van der Waals surface area contributed by atoms with Crippen molar-refractivity contribution < 1.29 is 8.42 Å². The van der Waals surface area contributed by atoms with Gasteiger partial charge in [-0.25, -0.2) is 8.42 Å². The highest BCUT2D eigenvalue weighted by Crippen LogP contribution is 2.33. The molecule has 2 aromatic rings. The standard InChI is InChI=1S/C22H20N2O2S/c1-3-5-17-24(27(25,26)21-15-10-7-11-16-21)22(20(18-23)12-4-2)19-13-8-6-9-14-19/h4,6-16,22H,2,17H2,1H3/b20-12+. The second-order valence-corrected chi connectivity index (χ2v) is 7.46. The number of hydrogen-bond donors (Lipinski definition) is 0. The Morgan fingerprint density at radius 1 is 1.15 bits per heavy atom. The van der Waals surface area contributed by atoms with E-state index >= 15 is 0 Å². The second-order valence-electron chi connectivity index (χ2n) is 5.57. The Hall–Kier alpha value is -3.12. The molecule has 0 aliphatic heterocycles. The largest absolute Gasteiger partial charge is 0.244 e. The number of sulfonamides is 1. The summed E-state index contributed by atoms with van der Waals surface area (Å²) in [5, 5.41) is 9.68. The number of rotatable bonds is 7. The number of nitriles is 1. The molecule has 0 spiro atoms. The van der Waals surface area contributed by atoms with Crippen LogP contribution in [0.1, 0.15) is 18.5 Å². The molecule has 136 valence electrons. The van der Waals surface area contributed by atoms with Crippen LogP contribution in [0, 0.1) is 23.2 Å². The molecule has 2 aromatic carbocycles. The van der Waals surface area contributed by atoms with Crippen LogP contribution in [0.5, 0.6) is 0 Å². The van der Waals surface area contributed by atoms with E-state index < -0.39 is 16.1 Å². The Labute approximate surface area is 161 Å². The van der Waals surface area contributed by atoms with Crippen LogP contribution in [0.25, 0.3) is 0 Å². The van der Waals surface area contributed by atoms with Gasteiger partial charge >= 0.3 is 0 Å². The van der Waals surface area contributed by atoms with Gasteiger partial charge in [-0.15, -0.1) is 5.92 Å². The Morgan fingerprint density at radius 2 is 1.74 bits per heavy atom. The summed E-state index contributed by atoms with van der Waals surface area (Å²) in [6.07, 6.45) is 3.01. The Morgan fingerprint density at radius 3 is 2.26 bits per heavy atom. The van der Waals surface area contributed by atoms with E-state index in [4.69, 9.17) is 0 Å². The summed E-state index contributed by atoms with van der Waals surface area (Å²) in [7, 11) is -3.89. The Balaban J connectivity index is 2.71. The van der Waals surface area contributed by atoms with E-state index in [0.717, 1.165) is 0 Å². The first-order valence-corrected chi connectivity index (χ1v) is 9.74. The zero-order chi connectivity index (χ0) is 19.7. The van der Waals surface area contributed by atoms with Crippen molar-refractivity contribution in [2.24, 2.45) is 0 Å². The predicted molar refractivity (Wildman–Crippen MR) is 107 cm³/mol. The summed E-state index contributed by atoms with van der Waals surface area (Å²) < 4.78 is 28.0. The van der Waals surface area contributed by atoms with Crippen LogP contribution >= 0.6 is 0 Å². The fourth-order valence-electron chi connectivity index (χ4n) is 2.65. The molecule has 0 aliphatic rings. The van der Waals surface area contributed by atoms with Crippen LogP contribution in [-0.4, -0.2) is 19.3 Å². The minimum atomic E-state index is -3.89. The van der Waals surface area contributed by atoms with Crippen molar-refractivity contribution >= 4 is 10.0 Å². The third-order valence-electron chi connectivity index (χ3n) is 3.89. The van der Waals surface area contributed by atoms with Crippen LogP contribution in [0.3, 0.4) is 0 Å². The molecule has 0 amide bonds. The summed E-state index contributed by atoms with van der Waals surface area (Å²) in [5.41, 5.74) is 0.957. The van der Waals surface area contributed by atoms with E-state index in [1.165, 1.54) is 28.6 Å². The van der Waals surface area contributed by atoms with Crippen molar-refractivity contribution in [2.75, 3.05) is 6.54 Å². The van der Waals surface area contributed by atoms with E-state index in [1.54, 1.807) is 37.3 Å². The number of hydrogen-bond acceptors (Lipinski definition) is 3. The maximum Gasteiger partial charge on any atom is 0.244 e. The second kappa shape index (κ2) is 9.54. The molecule has 1 atom stereocenters. The molecular formula is C22H20N2O2S. The molecule has 27 heavy (non-hydrogen) atoms. The SMILES string of the molecule is C=C/C=C(\C#N)C(c1ccccc1)N(CC#CC)S(=O)(=O)c1ccccc1. The molecule has 0 radical (unpaired) electrons. The average molecular weight is 376 g/mol. The van der Waals surface area contributed by atoms with Gasteiger partial charge in [-0.2, -0.15) is 9.57 Å². The van der Waals surface area contributed by atoms with Gasteiger partial charge in [0.15, 0.2) is 0 Å². The highest BCUT2D eigenvalue weighted by atomic mass is 32.2. The van der Waals surface area contributed by atoms with Crippen molar-refractivity contribution in [3.05, 3.63) is 90.5 Å². The van der Waals surface area contributed by atoms with Gasteiger partial charge in [0.25, 0.3) is 0 Å². The molecule has 0 saturated heterocycles. The smallest absolute Gasteiger partial charge is 0.207 e. The molecule has 1 unspecified atom stereocenters. The highest BCUT2D eigenvalue weighted by molar-refractivity contribution is 7.89. The van der Waals surface area contributed by atoms with Crippen LogP contribution < -0.4 is 0 Å². The van der Waals surface area contributed by atoms with Crippen molar-refractivity contribution in [3.8, 4) is 17.9 Å². The van der Waals surface area contributed by atoms with E-state index in [9.17, 15) is 13.7 Å². The molecule has 2 rings (SSSR count). The van der Waals surface area contributed by atoms with Crippen molar-refractivity contribution in [3.63, 3.8) is 0 Å². The van der Waals surface area contributed by atoms with Gasteiger partial charge in [-0.3, -0.25) is 0 Å². The average Bonchev–Trinajstić information content (AvgIpc) is 2.71. The van der Waals surface area contributed by atoms with E-state index in [-0.39, 0.29) is 17.0 Å². The molecule has 0 fully saturated rings. The first-order valence-electron chi connectivity index (χ1n) is 8.30. The molecule has 0 bridgehead atoms. The normalized spacial score (nSPS) is 12.6. The van der Waals surface area contributed by atoms with E-state index in [1.807, 2.05) is 18.2 Å². The summed E-state index contributed by atoms with van der Waals surface area (Å²) in [6.45, 7) is 5.25. The number of allylic oxidation sites excluding steroid dienone is 2. The van der Waals surface area contributed by atoms with Gasteiger partial charge in [0.2, 0.25) is 10.0 Å². The minimum Gasteiger partial charge on any atom is -0.207 e. The Bertz CT molecular complexity index is 1010. The maximum absolute atomic E-state index is 13.4. The molecular weight excluding hydrogens is 356 g/mol. The zero-order valence-corrected chi connectivity index (χ0v) is 15.9. The lowest BCUT2D eigenvalue weighted by atomic mass is 9.99. The van der Waals surface area contributed by atoms with E-state index in [0.29, 0.717) is 5.56 Å². The van der Waals surface area contributed by atoms with Gasteiger partial charge in [-0.1, -0.05) is 67.1 Å². The van der Waals surface area contributed by atoms with Gasteiger partial charge in [0.05, 0.1) is 29.1 Å².